The maximum atomic E-state index is 10.1. The molecule has 0 saturated heterocycles. The molecule has 0 radical (unpaired) electrons. The Balaban J connectivity index is 3.02. The highest BCUT2D eigenvalue weighted by molar-refractivity contribution is 5.79. The Morgan fingerprint density at radius 3 is 1.57 bits per heavy atom. The Kier molecular flexibility index (Phi) is 4.08. The standard InChI is InChI=1S/C12H10O2/c13-9-3-7-11-5-1-2-6-12(11)8-4-10-14/h1-10H. The van der Waals surface area contributed by atoms with Crippen molar-refractivity contribution in [3.63, 3.8) is 0 Å². The number of hydrogen-bond donors (Lipinski definition) is 0. The van der Waals surface area contributed by atoms with Gasteiger partial charge in [0.05, 0.1) is 0 Å². The molecular formula is C12H10O2. The molecule has 0 amide bonds. The van der Waals surface area contributed by atoms with Gasteiger partial charge in [-0.1, -0.05) is 36.4 Å². The van der Waals surface area contributed by atoms with Crippen LogP contribution in [0.5, 0.6) is 0 Å². The van der Waals surface area contributed by atoms with Gasteiger partial charge in [-0.15, -0.1) is 0 Å². The van der Waals surface area contributed by atoms with Crippen molar-refractivity contribution in [1.29, 1.82) is 0 Å². The Labute approximate surface area is 82.6 Å². The van der Waals surface area contributed by atoms with Crippen LogP contribution in [0.15, 0.2) is 36.4 Å². The van der Waals surface area contributed by atoms with E-state index in [1.165, 1.54) is 12.2 Å². The lowest BCUT2D eigenvalue weighted by molar-refractivity contribution is -0.104. The molecule has 70 valence electrons. The normalized spacial score (nSPS) is 10.9. The van der Waals surface area contributed by atoms with Crippen LogP contribution in [0.4, 0.5) is 0 Å². The minimum Gasteiger partial charge on any atom is -0.299 e. The van der Waals surface area contributed by atoms with Gasteiger partial charge in [-0.25, -0.2) is 0 Å². The van der Waals surface area contributed by atoms with E-state index in [0.29, 0.717) is 0 Å². The predicted octanol–water partition coefficient (Wildman–Crippen LogP) is 2.11. The smallest absolute Gasteiger partial charge is 0.142 e. The first-order chi connectivity index (χ1) is 6.88. The van der Waals surface area contributed by atoms with Crippen LogP contribution in [-0.2, 0) is 9.59 Å². The largest absolute Gasteiger partial charge is 0.299 e. The number of rotatable bonds is 4. The molecule has 0 aromatic heterocycles. The Morgan fingerprint density at radius 1 is 0.786 bits per heavy atom. The first-order valence-electron chi connectivity index (χ1n) is 4.21. The first kappa shape index (κ1) is 10.1. The van der Waals surface area contributed by atoms with Crippen molar-refractivity contribution in [3.8, 4) is 0 Å². The number of carbonyl (C=O) groups is 2. The Bertz CT molecular complexity index is 339. The lowest BCUT2D eigenvalue weighted by atomic mass is 10.1. The lowest BCUT2D eigenvalue weighted by Crippen LogP contribution is -1.79. The number of allylic oxidation sites excluding steroid dienone is 2. The van der Waals surface area contributed by atoms with Crippen molar-refractivity contribution >= 4 is 24.7 Å². The van der Waals surface area contributed by atoms with E-state index in [1.54, 1.807) is 12.2 Å². The maximum absolute atomic E-state index is 10.1. The fourth-order valence-electron chi connectivity index (χ4n) is 1.10. The van der Waals surface area contributed by atoms with Gasteiger partial charge >= 0.3 is 0 Å². The van der Waals surface area contributed by atoms with Gasteiger partial charge in [0.2, 0.25) is 0 Å². The van der Waals surface area contributed by atoms with Gasteiger partial charge in [0.1, 0.15) is 12.6 Å². The van der Waals surface area contributed by atoms with Gasteiger partial charge in [0.15, 0.2) is 0 Å². The van der Waals surface area contributed by atoms with Crippen molar-refractivity contribution in [3.05, 3.63) is 47.5 Å². The molecule has 0 N–H and O–H groups in total. The topological polar surface area (TPSA) is 34.1 Å². The van der Waals surface area contributed by atoms with Crippen LogP contribution >= 0.6 is 0 Å². The van der Waals surface area contributed by atoms with Crippen LogP contribution in [0.2, 0.25) is 0 Å². The van der Waals surface area contributed by atoms with E-state index >= 15 is 0 Å². The summed E-state index contributed by atoms with van der Waals surface area (Å²) in [7, 11) is 0. The summed E-state index contributed by atoms with van der Waals surface area (Å²) in [6, 6.07) is 7.51. The second-order valence-corrected chi connectivity index (χ2v) is 2.62. The van der Waals surface area contributed by atoms with E-state index < -0.39 is 0 Å². The lowest BCUT2D eigenvalue weighted by Gasteiger charge is -1.98. The molecule has 1 rings (SSSR count). The summed E-state index contributed by atoms with van der Waals surface area (Å²) in [6.45, 7) is 0. The molecule has 2 heteroatoms. The third-order valence-electron chi connectivity index (χ3n) is 1.70. The third kappa shape index (κ3) is 2.83. The zero-order valence-electron chi connectivity index (χ0n) is 7.59. The van der Waals surface area contributed by atoms with Crippen LogP contribution in [0.25, 0.3) is 12.2 Å². The van der Waals surface area contributed by atoms with E-state index in [0.717, 1.165) is 23.7 Å². The average molecular weight is 186 g/mol. The highest BCUT2D eigenvalue weighted by Crippen LogP contribution is 2.11. The molecule has 0 aliphatic carbocycles. The van der Waals surface area contributed by atoms with Crippen LogP contribution in [-0.4, -0.2) is 12.6 Å². The maximum Gasteiger partial charge on any atom is 0.142 e. The molecule has 14 heavy (non-hydrogen) atoms. The van der Waals surface area contributed by atoms with E-state index in [2.05, 4.69) is 0 Å². The second-order valence-electron chi connectivity index (χ2n) is 2.62. The van der Waals surface area contributed by atoms with Crippen LogP contribution < -0.4 is 0 Å². The zero-order valence-corrected chi connectivity index (χ0v) is 7.59. The predicted molar refractivity (Wildman–Crippen MR) is 56.6 cm³/mol. The van der Waals surface area contributed by atoms with Gasteiger partial charge < -0.3 is 0 Å². The minimum absolute atomic E-state index is 0.722. The van der Waals surface area contributed by atoms with Gasteiger partial charge in [0, 0.05) is 0 Å². The summed E-state index contributed by atoms with van der Waals surface area (Å²) in [4.78, 5) is 20.3. The van der Waals surface area contributed by atoms with Crippen molar-refractivity contribution in [1.82, 2.24) is 0 Å². The first-order valence-corrected chi connectivity index (χ1v) is 4.21. The molecule has 0 spiro atoms. The highest BCUT2D eigenvalue weighted by atomic mass is 16.1. The van der Waals surface area contributed by atoms with E-state index in [9.17, 15) is 9.59 Å². The Hall–Kier alpha value is -1.96. The molecule has 0 unspecified atom stereocenters. The molecule has 0 fully saturated rings. The monoisotopic (exact) mass is 186 g/mol. The van der Waals surface area contributed by atoms with Crippen LogP contribution in [0.3, 0.4) is 0 Å². The molecular weight excluding hydrogens is 176 g/mol. The SMILES string of the molecule is O=CC=Cc1ccccc1C=CC=O. The zero-order chi connectivity index (χ0) is 10.2. The highest BCUT2D eigenvalue weighted by Gasteiger charge is 1.92. The fraction of sp³-hybridized carbons (Fsp3) is 0. The molecule has 1 aromatic rings. The Morgan fingerprint density at radius 2 is 1.21 bits per heavy atom. The quantitative estimate of drug-likeness (QED) is 0.533. The number of benzene rings is 1. The van der Waals surface area contributed by atoms with Crippen molar-refractivity contribution in [2.75, 3.05) is 0 Å². The molecule has 0 atom stereocenters. The van der Waals surface area contributed by atoms with E-state index in [1.807, 2.05) is 24.3 Å². The summed E-state index contributed by atoms with van der Waals surface area (Å²) < 4.78 is 0. The molecule has 0 saturated carbocycles. The molecule has 0 heterocycles. The molecule has 1 aromatic carbocycles. The molecule has 0 aliphatic heterocycles. The molecule has 0 bridgehead atoms. The van der Waals surface area contributed by atoms with Gasteiger partial charge in [-0.2, -0.15) is 0 Å². The van der Waals surface area contributed by atoms with Gasteiger partial charge in [-0.05, 0) is 23.3 Å². The fourth-order valence-corrected chi connectivity index (χ4v) is 1.10. The van der Waals surface area contributed by atoms with Crippen molar-refractivity contribution < 1.29 is 9.59 Å². The molecule has 2 nitrogen and oxygen atoms in total. The number of carbonyl (C=O) groups excluding carboxylic acids is 2. The number of hydrogen-bond acceptors (Lipinski definition) is 2. The number of aldehydes is 2. The van der Waals surface area contributed by atoms with Crippen molar-refractivity contribution in [2.24, 2.45) is 0 Å². The van der Waals surface area contributed by atoms with Crippen LogP contribution in [0, 0.1) is 0 Å². The minimum atomic E-state index is 0.722. The summed E-state index contributed by atoms with van der Waals surface area (Å²) in [5.41, 5.74) is 1.83. The van der Waals surface area contributed by atoms with Gasteiger partial charge in [0.25, 0.3) is 0 Å². The molecule has 0 aliphatic rings. The average Bonchev–Trinajstić information content (AvgIpc) is 2.24. The van der Waals surface area contributed by atoms with Crippen molar-refractivity contribution in [2.45, 2.75) is 0 Å². The van der Waals surface area contributed by atoms with E-state index in [4.69, 9.17) is 0 Å². The second kappa shape index (κ2) is 5.65. The van der Waals surface area contributed by atoms with E-state index in [-0.39, 0.29) is 0 Å². The third-order valence-corrected chi connectivity index (χ3v) is 1.70. The summed E-state index contributed by atoms with van der Waals surface area (Å²) in [5, 5.41) is 0. The summed E-state index contributed by atoms with van der Waals surface area (Å²) >= 11 is 0. The summed E-state index contributed by atoms with van der Waals surface area (Å²) in [5.74, 6) is 0. The van der Waals surface area contributed by atoms with Crippen LogP contribution in [0.1, 0.15) is 11.1 Å². The summed E-state index contributed by atoms with van der Waals surface area (Å²) in [6.07, 6.45) is 7.70. The van der Waals surface area contributed by atoms with Gasteiger partial charge in [-0.3, -0.25) is 9.59 Å².